The predicted molar refractivity (Wildman–Crippen MR) is 142 cm³/mol. The van der Waals surface area contributed by atoms with Gasteiger partial charge >= 0.3 is 0 Å². The van der Waals surface area contributed by atoms with Gasteiger partial charge in [0.1, 0.15) is 0 Å². The predicted octanol–water partition coefficient (Wildman–Crippen LogP) is 8.18. The monoisotopic (exact) mass is 424 g/mol. The molecule has 0 N–H and O–H groups in total. The first-order chi connectivity index (χ1) is 16.3. The zero-order chi connectivity index (χ0) is 22.4. The van der Waals surface area contributed by atoms with Crippen molar-refractivity contribution < 1.29 is 0 Å². The van der Waals surface area contributed by atoms with Gasteiger partial charge in [0.25, 0.3) is 0 Å². The number of hydrogen-bond acceptors (Lipinski definition) is 1. The summed E-state index contributed by atoms with van der Waals surface area (Å²) in [6.45, 7) is 3.95. The molecule has 0 aliphatic rings. The summed E-state index contributed by atoms with van der Waals surface area (Å²) in [6.07, 6.45) is 1.85. The van der Waals surface area contributed by atoms with Crippen LogP contribution in [0.5, 0.6) is 0 Å². The number of rotatable bonds is 4. The zero-order valence-electron chi connectivity index (χ0n) is 18.6. The van der Waals surface area contributed by atoms with Crippen LogP contribution in [0.3, 0.4) is 0 Å². The highest BCUT2D eigenvalue weighted by atomic mass is 15.1. The molecule has 1 heterocycles. The van der Waals surface area contributed by atoms with Crippen molar-refractivity contribution in [1.82, 2.24) is 4.57 Å². The molecule has 0 unspecified atom stereocenters. The number of para-hydroxylation sites is 3. The molecule has 0 amide bonds. The summed E-state index contributed by atoms with van der Waals surface area (Å²) in [6, 6.07) is 39.1. The van der Waals surface area contributed by atoms with Crippen LogP contribution in [0.1, 0.15) is 0 Å². The van der Waals surface area contributed by atoms with Crippen molar-refractivity contribution in [2.75, 3.05) is 11.9 Å². The van der Waals surface area contributed by atoms with Gasteiger partial charge in [-0.2, -0.15) is 0 Å². The Labute approximate surface area is 193 Å². The van der Waals surface area contributed by atoms with Crippen LogP contribution in [0.15, 0.2) is 122 Å². The lowest BCUT2D eigenvalue weighted by atomic mass is 9.95. The third-order valence-corrected chi connectivity index (χ3v) is 6.57. The number of aromatic nitrogens is 1. The molecule has 5 aromatic carbocycles. The second kappa shape index (κ2) is 7.68. The van der Waals surface area contributed by atoms with Gasteiger partial charge < -0.3 is 9.47 Å². The smallest absolute Gasteiger partial charge is 0.0541 e. The molecule has 158 valence electrons. The average Bonchev–Trinajstić information content (AvgIpc) is 3.22. The van der Waals surface area contributed by atoms with E-state index in [-0.39, 0.29) is 0 Å². The highest BCUT2D eigenvalue weighted by Crippen LogP contribution is 2.40. The maximum atomic E-state index is 3.95. The fraction of sp³-hybridized carbons (Fsp3) is 0.0323. The number of benzene rings is 5. The lowest BCUT2D eigenvalue weighted by Gasteiger charge is -2.20. The molecule has 0 bridgehead atoms. The van der Waals surface area contributed by atoms with E-state index in [0.29, 0.717) is 0 Å². The second-order valence-electron chi connectivity index (χ2n) is 8.36. The number of fused-ring (bicyclic) bond motifs is 4. The Balaban J connectivity index is 1.69. The van der Waals surface area contributed by atoms with Crippen LogP contribution in [-0.2, 0) is 0 Å². The molecular weight excluding hydrogens is 400 g/mol. The number of anilines is 1. The van der Waals surface area contributed by atoms with E-state index in [2.05, 4.69) is 125 Å². The summed E-state index contributed by atoms with van der Waals surface area (Å²) in [5.74, 6) is 0. The summed E-state index contributed by atoms with van der Waals surface area (Å²) in [5.41, 5.74) is 7.22. The molecule has 6 rings (SSSR count). The molecule has 0 saturated carbocycles. The minimum Gasteiger partial charge on any atom is -0.351 e. The third-order valence-electron chi connectivity index (χ3n) is 6.57. The molecule has 2 heteroatoms. The first-order valence-electron chi connectivity index (χ1n) is 11.2. The maximum Gasteiger partial charge on any atom is 0.0541 e. The summed E-state index contributed by atoms with van der Waals surface area (Å²) < 4.78 is 2.40. The quantitative estimate of drug-likeness (QED) is 0.277. The highest BCUT2D eigenvalue weighted by Gasteiger charge is 2.17. The Kier molecular flexibility index (Phi) is 4.51. The lowest BCUT2D eigenvalue weighted by Crippen LogP contribution is -2.07. The Hall–Kier alpha value is -4.30. The van der Waals surface area contributed by atoms with E-state index in [4.69, 9.17) is 0 Å². The van der Waals surface area contributed by atoms with Crippen LogP contribution in [0, 0.1) is 0 Å². The topological polar surface area (TPSA) is 8.17 Å². The summed E-state index contributed by atoms with van der Waals surface area (Å²) in [7, 11) is 2.04. The molecule has 33 heavy (non-hydrogen) atoms. The van der Waals surface area contributed by atoms with E-state index < -0.39 is 0 Å². The SMILES string of the molecule is C=CN(C)c1ccc(-c2ccccc2-n2c3ccccc3c3ccccc32)c2ccccc12. The second-order valence-corrected chi connectivity index (χ2v) is 8.36. The van der Waals surface area contributed by atoms with E-state index >= 15 is 0 Å². The Morgan fingerprint density at radius 1 is 0.576 bits per heavy atom. The van der Waals surface area contributed by atoms with Crippen LogP contribution in [0.25, 0.3) is 49.4 Å². The highest BCUT2D eigenvalue weighted by molar-refractivity contribution is 6.11. The van der Waals surface area contributed by atoms with Gasteiger partial charge in [-0.05, 0) is 41.4 Å². The standard InChI is InChI=1S/C31H24N2/c1-3-32(2)28-21-20-23(22-12-4-5-13-24(22)28)25-14-6-9-17-29(25)33-30-18-10-7-15-26(30)27-16-8-11-19-31(27)33/h3-21H,1H2,2H3. The van der Waals surface area contributed by atoms with Gasteiger partial charge in [0.05, 0.1) is 16.7 Å². The Morgan fingerprint density at radius 2 is 1.12 bits per heavy atom. The molecule has 2 nitrogen and oxygen atoms in total. The lowest BCUT2D eigenvalue weighted by molar-refractivity contribution is 1.18. The van der Waals surface area contributed by atoms with Crippen molar-refractivity contribution >= 4 is 38.3 Å². The summed E-state index contributed by atoms with van der Waals surface area (Å²) in [4.78, 5) is 2.07. The molecule has 0 saturated heterocycles. The largest absolute Gasteiger partial charge is 0.351 e. The third kappa shape index (κ3) is 2.95. The van der Waals surface area contributed by atoms with E-state index in [1.165, 1.54) is 49.4 Å². The fourth-order valence-corrected chi connectivity index (χ4v) is 5.00. The van der Waals surface area contributed by atoms with Gasteiger partial charge in [0.2, 0.25) is 0 Å². The number of hydrogen-bond donors (Lipinski definition) is 0. The van der Waals surface area contributed by atoms with Gasteiger partial charge in [-0.3, -0.25) is 0 Å². The van der Waals surface area contributed by atoms with Gasteiger partial charge in [0, 0.05) is 34.5 Å². The molecule has 0 radical (unpaired) electrons. The average molecular weight is 425 g/mol. The zero-order valence-corrected chi connectivity index (χ0v) is 18.6. The van der Waals surface area contributed by atoms with Crippen LogP contribution in [0.2, 0.25) is 0 Å². The molecule has 0 atom stereocenters. The normalized spacial score (nSPS) is 11.3. The van der Waals surface area contributed by atoms with Gasteiger partial charge in [-0.25, -0.2) is 0 Å². The Bertz CT molecular complexity index is 1600. The molecular formula is C31H24N2. The first kappa shape index (κ1) is 19.4. The van der Waals surface area contributed by atoms with Crippen LogP contribution >= 0.6 is 0 Å². The summed E-state index contributed by atoms with van der Waals surface area (Å²) >= 11 is 0. The maximum absolute atomic E-state index is 3.95. The molecule has 0 aliphatic heterocycles. The molecule has 1 aromatic heterocycles. The van der Waals surface area contributed by atoms with Crippen LogP contribution < -0.4 is 4.90 Å². The molecule has 0 aliphatic carbocycles. The van der Waals surface area contributed by atoms with Crippen molar-refractivity contribution in [2.45, 2.75) is 0 Å². The Morgan fingerprint density at radius 3 is 1.79 bits per heavy atom. The fourth-order valence-electron chi connectivity index (χ4n) is 5.00. The van der Waals surface area contributed by atoms with Crippen molar-refractivity contribution in [1.29, 1.82) is 0 Å². The molecule has 6 aromatic rings. The van der Waals surface area contributed by atoms with E-state index in [0.717, 1.165) is 5.69 Å². The van der Waals surface area contributed by atoms with Crippen molar-refractivity contribution in [2.24, 2.45) is 0 Å². The minimum atomic E-state index is 1.15. The van der Waals surface area contributed by atoms with Gasteiger partial charge in [0.15, 0.2) is 0 Å². The van der Waals surface area contributed by atoms with Crippen molar-refractivity contribution in [3.63, 3.8) is 0 Å². The number of nitrogens with zero attached hydrogens (tertiary/aromatic N) is 2. The summed E-state index contributed by atoms with van der Waals surface area (Å²) in [5, 5.41) is 5.00. The van der Waals surface area contributed by atoms with E-state index in [1.807, 2.05) is 13.2 Å². The van der Waals surface area contributed by atoms with Crippen molar-refractivity contribution in [3.8, 4) is 16.8 Å². The van der Waals surface area contributed by atoms with E-state index in [1.54, 1.807) is 0 Å². The van der Waals surface area contributed by atoms with Crippen molar-refractivity contribution in [3.05, 3.63) is 122 Å². The van der Waals surface area contributed by atoms with Crippen LogP contribution in [0.4, 0.5) is 5.69 Å². The minimum absolute atomic E-state index is 1.15. The van der Waals surface area contributed by atoms with Gasteiger partial charge in [-0.1, -0.05) is 91.5 Å². The van der Waals surface area contributed by atoms with E-state index in [9.17, 15) is 0 Å². The van der Waals surface area contributed by atoms with Crippen LogP contribution in [-0.4, -0.2) is 11.6 Å². The first-order valence-corrected chi connectivity index (χ1v) is 11.2. The molecule has 0 fully saturated rings. The molecule has 0 spiro atoms. The van der Waals surface area contributed by atoms with Gasteiger partial charge in [-0.15, -0.1) is 0 Å².